The van der Waals surface area contributed by atoms with E-state index in [1.807, 2.05) is 0 Å². The van der Waals surface area contributed by atoms with Gasteiger partial charge in [0.2, 0.25) is 0 Å². The number of ether oxygens (including phenoxy) is 2. The molecule has 3 unspecified atom stereocenters. The van der Waals surface area contributed by atoms with Gasteiger partial charge in [-0.05, 0) is 37.1 Å². The first-order valence-electron chi connectivity index (χ1n) is 6.55. The summed E-state index contributed by atoms with van der Waals surface area (Å²) >= 11 is 0. The molecule has 1 aromatic carbocycles. The molecule has 1 aliphatic rings. The second kappa shape index (κ2) is 6.01. The van der Waals surface area contributed by atoms with Crippen molar-refractivity contribution in [3.63, 3.8) is 0 Å². The van der Waals surface area contributed by atoms with Crippen molar-refractivity contribution < 1.29 is 22.6 Å². The van der Waals surface area contributed by atoms with Gasteiger partial charge in [0.25, 0.3) is 0 Å². The number of alkyl halides is 3. The molecule has 0 bridgehead atoms. The highest BCUT2D eigenvalue weighted by Crippen LogP contribution is 2.33. The lowest BCUT2D eigenvalue weighted by molar-refractivity contribution is -0.274. The van der Waals surface area contributed by atoms with E-state index in [4.69, 9.17) is 4.74 Å². The maximum absolute atomic E-state index is 12.3. The summed E-state index contributed by atoms with van der Waals surface area (Å²) in [5.74, 6) is 0.153. The lowest BCUT2D eigenvalue weighted by atomic mass is 9.92. The molecular formula is C14H18F3NO2. The van der Waals surface area contributed by atoms with E-state index in [1.165, 1.54) is 12.1 Å². The predicted molar refractivity (Wildman–Crippen MR) is 68.4 cm³/mol. The summed E-state index contributed by atoms with van der Waals surface area (Å²) in [4.78, 5) is 0. The van der Waals surface area contributed by atoms with Crippen molar-refractivity contribution in [3.05, 3.63) is 29.8 Å². The average molecular weight is 289 g/mol. The van der Waals surface area contributed by atoms with E-state index in [0.717, 1.165) is 12.0 Å². The van der Waals surface area contributed by atoms with E-state index >= 15 is 0 Å². The van der Waals surface area contributed by atoms with Crippen molar-refractivity contribution in [2.75, 3.05) is 13.7 Å². The Bertz CT molecular complexity index is 450. The Labute approximate surface area is 116 Å². The van der Waals surface area contributed by atoms with Crippen molar-refractivity contribution in [2.24, 2.45) is 5.92 Å². The van der Waals surface area contributed by atoms with Crippen molar-refractivity contribution in [1.82, 2.24) is 5.32 Å². The maximum atomic E-state index is 12.3. The average Bonchev–Trinajstić information content (AvgIpc) is 2.75. The molecule has 3 atom stereocenters. The summed E-state index contributed by atoms with van der Waals surface area (Å²) in [6.07, 6.45) is -3.76. The normalized spacial score (nSPS) is 24.6. The van der Waals surface area contributed by atoms with Crippen LogP contribution < -0.4 is 10.1 Å². The monoisotopic (exact) mass is 289 g/mol. The third-order valence-electron chi connectivity index (χ3n) is 3.53. The molecular weight excluding hydrogens is 271 g/mol. The van der Waals surface area contributed by atoms with Crippen molar-refractivity contribution >= 4 is 0 Å². The highest BCUT2D eigenvalue weighted by atomic mass is 19.4. The molecule has 2 rings (SSSR count). The fourth-order valence-corrected chi connectivity index (χ4v) is 2.57. The predicted octanol–water partition coefficient (Wildman–Crippen LogP) is 3.27. The van der Waals surface area contributed by atoms with Crippen LogP contribution in [0.4, 0.5) is 13.2 Å². The minimum atomic E-state index is -4.68. The fraction of sp³-hybridized carbons (Fsp3) is 0.571. The van der Waals surface area contributed by atoms with Gasteiger partial charge in [0.15, 0.2) is 0 Å². The standard InChI is InChI=1S/C14H18F3NO2/c1-9-6-7-19-13(9)12(18-2)10-4-3-5-11(8-10)20-14(15,16)17/h3-5,8-9,12-13,18H,6-7H2,1-2H3. The first-order chi connectivity index (χ1) is 9.40. The van der Waals surface area contributed by atoms with Crippen LogP contribution in [0.25, 0.3) is 0 Å². The quantitative estimate of drug-likeness (QED) is 0.922. The molecule has 1 fully saturated rings. The van der Waals surface area contributed by atoms with Crippen LogP contribution >= 0.6 is 0 Å². The van der Waals surface area contributed by atoms with Gasteiger partial charge in [-0.1, -0.05) is 19.1 Å². The highest BCUT2D eigenvalue weighted by molar-refractivity contribution is 5.31. The van der Waals surface area contributed by atoms with Crippen LogP contribution in [0.3, 0.4) is 0 Å². The first kappa shape index (κ1) is 15.1. The summed E-state index contributed by atoms with van der Waals surface area (Å²) < 4.78 is 46.4. The summed E-state index contributed by atoms with van der Waals surface area (Å²) in [6, 6.07) is 5.88. The zero-order valence-electron chi connectivity index (χ0n) is 11.4. The highest BCUT2D eigenvalue weighted by Gasteiger charge is 2.34. The number of halogens is 3. The number of rotatable bonds is 4. The van der Waals surface area contributed by atoms with Crippen LogP contribution in [0.1, 0.15) is 24.9 Å². The van der Waals surface area contributed by atoms with Crippen LogP contribution in [-0.4, -0.2) is 26.1 Å². The van der Waals surface area contributed by atoms with Gasteiger partial charge in [0.05, 0.1) is 12.1 Å². The lowest BCUT2D eigenvalue weighted by Crippen LogP contribution is -2.32. The largest absolute Gasteiger partial charge is 0.573 e. The number of nitrogens with one attached hydrogen (secondary N) is 1. The van der Waals surface area contributed by atoms with Gasteiger partial charge < -0.3 is 14.8 Å². The lowest BCUT2D eigenvalue weighted by Gasteiger charge is -2.26. The van der Waals surface area contributed by atoms with E-state index in [9.17, 15) is 13.2 Å². The molecule has 3 nitrogen and oxygen atoms in total. The van der Waals surface area contributed by atoms with E-state index < -0.39 is 6.36 Å². The van der Waals surface area contributed by atoms with E-state index in [-0.39, 0.29) is 17.9 Å². The van der Waals surface area contributed by atoms with Gasteiger partial charge in [0, 0.05) is 6.61 Å². The van der Waals surface area contributed by atoms with Crippen molar-refractivity contribution in [1.29, 1.82) is 0 Å². The SMILES string of the molecule is CNC(c1cccc(OC(F)(F)F)c1)C1OCCC1C. The molecule has 0 spiro atoms. The Kier molecular flexibility index (Phi) is 4.55. The molecule has 1 aromatic rings. The minimum absolute atomic E-state index is 0.0406. The minimum Gasteiger partial charge on any atom is -0.406 e. The molecule has 0 aliphatic carbocycles. The molecule has 6 heteroatoms. The van der Waals surface area contributed by atoms with Crippen LogP contribution in [0.15, 0.2) is 24.3 Å². The topological polar surface area (TPSA) is 30.5 Å². The Hall–Kier alpha value is -1.27. The first-order valence-corrected chi connectivity index (χ1v) is 6.55. The number of benzene rings is 1. The van der Waals surface area contributed by atoms with Crippen LogP contribution in [0.5, 0.6) is 5.75 Å². The zero-order chi connectivity index (χ0) is 14.8. The second-order valence-electron chi connectivity index (χ2n) is 4.99. The fourth-order valence-electron chi connectivity index (χ4n) is 2.57. The van der Waals surface area contributed by atoms with Gasteiger partial charge in [0.1, 0.15) is 5.75 Å². The van der Waals surface area contributed by atoms with E-state index in [0.29, 0.717) is 12.5 Å². The Morgan fingerprint density at radius 1 is 1.40 bits per heavy atom. The molecule has 0 aromatic heterocycles. The number of hydrogen-bond acceptors (Lipinski definition) is 3. The van der Waals surface area contributed by atoms with Gasteiger partial charge in [-0.3, -0.25) is 0 Å². The summed E-state index contributed by atoms with van der Waals surface area (Å²) in [7, 11) is 1.77. The maximum Gasteiger partial charge on any atom is 0.573 e. The van der Waals surface area contributed by atoms with Gasteiger partial charge in [-0.25, -0.2) is 0 Å². The van der Waals surface area contributed by atoms with Gasteiger partial charge in [-0.2, -0.15) is 0 Å². The molecule has 0 saturated carbocycles. The molecule has 1 saturated heterocycles. The molecule has 0 radical (unpaired) electrons. The van der Waals surface area contributed by atoms with E-state index in [2.05, 4.69) is 17.0 Å². The summed E-state index contributed by atoms with van der Waals surface area (Å²) in [5, 5.41) is 3.12. The van der Waals surface area contributed by atoms with E-state index in [1.54, 1.807) is 19.2 Å². The van der Waals surface area contributed by atoms with Gasteiger partial charge >= 0.3 is 6.36 Å². The van der Waals surface area contributed by atoms with Crippen molar-refractivity contribution in [2.45, 2.75) is 31.9 Å². The Balaban J connectivity index is 2.19. The smallest absolute Gasteiger partial charge is 0.406 e. The molecule has 1 heterocycles. The Morgan fingerprint density at radius 3 is 2.70 bits per heavy atom. The molecule has 1 aliphatic heterocycles. The number of likely N-dealkylation sites (N-methyl/N-ethyl adjacent to an activating group) is 1. The molecule has 0 amide bonds. The third kappa shape index (κ3) is 3.64. The zero-order valence-corrected chi connectivity index (χ0v) is 11.4. The summed E-state index contributed by atoms with van der Waals surface area (Å²) in [5.41, 5.74) is 0.730. The van der Waals surface area contributed by atoms with Crippen molar-refractivity contribution in [3.8, 4) is 5.75 Å². The molecule has 112 valence electrons. The third-order valence-corrected chi connectivity index (χ3v) is 3.53. The van der Waals surface area contributed by atoms with Crippen LogP contribution in [0, 0.1) is 5.92 Å². The Morgan fingerprint density at radius 2 is 2.15 bits per heavy atom. The van der Waals surface area contributed by atoms with Crippen LogP contribution in [-0.2, 0) is 4.74 Å². The molecule has 1 N–H and O–H groups in total. The van der Waals surface area contributed by atoms with Gasteiger partial charge in [-0.15, -0.1) is 13.2 Å². The van der Waals surface area contributed by atoms with Crippen LogP contribution in [0.2, 0.25) is 0 Å². The second-order valence-corrected chi connectivity index (χ2v) is 4.99. The molecule has 20 heavy (non-hydrogen) atoms. The number of hydrogen-bond donors (Lipinski definition) is 1. The summed E-state index contributed by atoms with van der Waals surface area (Å²) in [6.45, 7) is 2.76.